The minimum Gasteiger partial charge on any atom is -0.364 e. The molecule has 8 nitrogen and oxygen atoms in total. The van der Waals surface area contributed by atoms with E-state index in [1.807, 2.05) is 7.05 Å². The highest BCUT2D eigenvalue weighted by molar-refractivity contribution is 7.96. The van der Waals surface area contributed by atoms with Gasteiger partial charge in [0.15, 0.2) is 5.82 Å². The Morgan fingerprint density at radius 2 is 1.97 bits per heavy atom. The van der Waals surface area contributed by atoms with Gasteiger partial charge in [0.2, 0.25) is 5.91 Å². The second-order valence-electron chi connectivity index (χ2n) is 7.91. The van der Waals surface area contributed by atoms with Gasteiger partial charge in [-0.05, 0) is 25.3 Å². The summed E-state index contributed by atoms with van der Waals surface area (Å²) in [6.07, 6.45) is 7.89. The number of likely N-dealkylation sites (N-methyl/N-ethyl adjacent to an activating group) is 1. The van der Waals surface area contributed by atoms with Crippen molar-refractivity contribution in [3.63, 3.8) is 0 Å². The molecule has 0 spiro atoms. The first-order chi connectivity index (χ1) is 14.8. The van der Waals surface area contributed by atoms with E-state index in [0.717, 1.165) is 13.1 Å². The number of amides is 1. The van der Waals surface area contributed by atoms with Gasteiger partial charge in [0.05, 0.1) is 28.6 Å². The van der Waals surface area contributed by atoms with Crippen LogP contribution in [0.2, 0.25) is 0 Å². The molecule has 1 saturated heterocycles. The molecule has 166 valence electrons. The Labute approximate surface area is 181 Å². The van der Waals surface area contributed by atoms with Gasteiger partial charge >= 0.3 is 0 Å². The van der Waals surface area contributed by atoms with Crippen molar-refractivity contribution < 1.29 is 17.6 Å². The lowest BCUT2D eigenvalue weighted by Gasteiger charge is -2.31. The molecule has 0 bridgehead atoms. The number of anilines is 3. The fourth-order valence-corrected chi connectivity index (χ4v) is 4.94. The number of nitrogens with one attached hydrogen (secondary N) is 2. The van der Waals surface area contributed by atoms with Crippen molar-refractivity contribution >= 4 is 39.1 Å². The predicted octanol–water partition coefficient (Wildman–Crippen LogP) is 2.02. The molecule has 0 saturated carbocycles. The summed E-state index contributed by atoms with van der Waals surface area (Å²) < 4.78 is 43.5. The van der Waals surface area contributed by atoms with Gasteiger partial charge in [0.1, 0.15) is 0 Å². The minimum absolute atomic E-state index is 0.0270. The van der Waals surface area contributed by atoms with Crippen LogP contribution < -0.4 is 14.9 Å². The monoisotopic (exact) mass is 447 g/mol. The standard InChI is InChI=1S/C21H26FN5O3S/c1-25-9-11-27(12-10-25)19(28)8-7-16-17(24-31(29,30)15-5-3-4-6-15)13-18-21(20(16)22)23-14-26(18)2/h3-5,7-8,13,23-24H,6,9-12,14H2,1-2H3/b8-7+. The number of allylic oxidation sites excluding steroid dienone is 4. The lowest BCUT2D eigenvalue weighted by atomic mass is 10.1. The number of hydrogen-bond acceptors (Lipinski definition) is 6. The molecule has 1 fully saturated rings. The van der Waals surface area contributed by atoms with Crippen molar-refractivity contribution in [3.8, 4) is 0 Å². The van der Waals surface area contributed by atoms with Crippen LogP contribution in [0, 0.1) is 5.82 Å². The van der Waals surface area contributed by atoms with Crippen LogP contribution in [-0.4, -0.2) is 71.1 Å². The fraction of sp³-hybridized carbons (Fsp3) is 0.381. The molecule has 0 unspecified atom stereocenters. The van der Waals surface area contributed by atoms with Crippen molar-refractivity contribution in [1.29, 1.82) is 0 Å². The molecule has 1 aromatic rings. The van der Waals surface area contributed by atoms with Crippen LogP contribution in [0.3, 0.4) is 0 Å². The van der Waals surface area contributed by atoms with Gasteiger partial charge in [0.25, 0.3) is 10.0 Å². The molecule has 31 heavy (non-hydrogen) atoms. The number of rotatable bonds is 5. The number of carbonyl (C=O) groups excluding carboxylic acids is 1. The molecule has 2 heterocycles. The Kier molecular flexibility index (Phi) is 5.76. The van der Waals surface area contributed by atoms with Crippen molar-refractivity contribution in [1.82, 2.24) is 9.80 Å². The number of carbonyl (C=O) groups is 1. The Morgan fingerprint density at radius 3 is 2.65 bits per heavy atom. The van der Waals surface area contributed by atoms with Crippen molar-refractivity contribution in [3.05, 3.63) is 46.7 Å². The number of sulfonamides is 1. The summed E-state index contributed by atoms with van der Waals surface area (Å²) >= 11 is 0. The van der Waals surface area contributed by atoms with Crippen LogP contribution >= 0.6 is 0 Å². The highest BCUT2D eigenvalue weighted by Gasteiger charge is 2.27. The Hall–Kier alpha value is -2.85. The molecule has 1 amide bonds. The molecule has 1 aliphatic carbocycles. The first kappa shape index (κ1) is 21.4. The van der Waals surface area contributed by atoms with E-state index >= 15 is 4.39 Å². The van der Waals surface area contributed by atoms with E-state index in [2.05, 4.69) is 14.9 Å². The smallest absolute Gasteiger partial charge is 0.258 e. The molecular weight excluding hydrogens is 421 g/mol. The largest absolute Gasteiger partial charge is 0.364 e. The van der Waals surface area contributed by atoms with E-state index in [1.54, 1.807) is 35.1 Å². The normalized spacial score (nSPS) is 19.0. The summed E-state index contributed by atoms with van der Waals surface area (Å²) in [5.74, 6) is -0.824. The highest BCUT2D eigenvalue weighted by atomic mass is 32.2. The topological polar surface area (TPSA) is 85.0 Å². The molecule has 4 rings (SSSR count). The number of halogens is 1. The predicted molar refractivity (Wildman–Crippen MR) is 121 cm³/mol. The average molecular weight is 448 g/mol. The Morgan fingerprint density at radius 1 is 1.23 bits per heavy atom. The van der Waals surface area contributed by atoms with Crippen LogP contribution in [0.1, 0.15) is 12.0 Å². The third-order valence-electron chi connectivity index (χ3n) is 5.72. The summed E-state index contributed by atoms with van der Waals surface area (Å²) in [6.45, 7) is 3.15. The van der Waals surface area contributed by atoms with E-state index in [1.165, 1.54) is 18.2 Å². The average Bonchev–Trinajstić information content (AvgIpc) is 3.39. The van der Waals surface area contributed by atoms with Crippen molar-refractivity contribution in [2.75, 3.05) is 61.9 Å². The lowest BCUT2D eigenvalue weighted by Crippen LogP contribution is -2.46. The van der Waals surface area contributed by atoms with Crippen LogP contribution in [0.25, 0.3) is 6.08 Å². The molecule has 1 aromatic carbocycles. The summed E-state index contributed by atoms with van der Waals surface area (Å²) in [5, 5.41) is 2.98. The molecule has 0 radical (unpaired) electrons. The number of piperazine rings is 1. The number of nitrogens with zero attached hydrogens (tertiary/aromatic N) is 3. The molecule has 0 atom stereocenters. The van der Waals surface area contributed by atoms with Crippen molar-refractivity contribution in [2.24, 2.45) is 0 Å². The van der Waals surface area contributed by atoms with E-state index < -0.39 is 15.8 Å². The van der Waals surface area contributed by atoms with Crippen LogP contribution in [-0.2, 0) is 14.8 Å². The highest BCUT2D eigenvalue weighted by Crippen LogP contribution is 2.40. The minimum atomic E-state index is -3.84. The molecular formula is C21H26FN5O3S. The van der Waals surface area contributed by atoms with Gasteiger partial charge in [-0.3, -0.25) is 9.52 Å². The second kappa shape index (κ2) is 8.35. The number of hydrogen-bond donors (Lipinski definition) is 2. The van der Waals surface area contributed by atoms with Gasteiger partial charge < -0.3 is 20.0 Å². The molecule has 2 N–H and O–H groups in total. The zero-order chi connectivity index (χ0) is 22.2. The molecule has 2 aliphatic heterocycles. The van der Waals surface area contributed by atoms with Gasteiger partial charge in [-0.25, -0.2) is 12.8 Å². The van der Waals surface area contributed by atoms with Crippen LogP contribution in [0.15, 0.2) is 35.3 Å². The van der Waals surface area contributed by atoms with E-state index in [-0.39, 0.29) is 28.5 Å². The summed E-state index contributed by atoms with van der Waals surface area (Å²) in [6, 6.07) is 1.60. The SMILES string of the molecule is CN1CCN(C(=O)/C=C/c2c(NS(=O)(=O)C3=CC=CC3)cc3c(c2F)NCN3C)CC1. The third-order valence-corrected chi connectivity index (χ3v) is 7.20. The summed E-state index contributed by atoms with van der Waals surface area (Å²) in [5.41, 5.74) is 0.969. The van der Waals surface area contributed by atoms with E-state index in [4.69, 9.17) is 0 Å². The zero-order valence-electron chi connectivity index (χ0n) is 17.6. The Bertz CT molecular complexity index is 1090. The number of fused-ring (bicyclic) bond motifs is 1. The van der Waals surface area contributed by atoms with Gasteiger partial charge in [-0.2, -0.15) is 0 Å². The maximum Gasteiger partial charge on any atom is 0.258 e. The van der Waals surface area contributed by atoms with Gasteiger partial charge in [0, 0.05) is 51.3 Å². The molecule has 10 heteroatoms. The molecule has 3 aliphatic rings. The van der Waals surface area contributed by atoms with Crippen LogP contribution in [0.5, 0.6) is 0 Å². The van der Waals surface area contributed by atoms with E-state index in [0.29, 0.717) is 31.1 Å². The Balaban J connectivity index is 1.66. The lowest BCUT2D eigenvalue weighted by molar-refractivity contribution is -0.127. The summed E-state index contributed by atoms with van der Waals surface area (Å²) in [4.78, 5) is 18.4. The number of benzene rings is 1. The maximum absolute atomic E-state index is 15.4. The fourth-order valence-electron chi connectivity index (χ4n) is 3.78. The van der Waals surface area contributed by atoms with Gasteiger partial charge in [-0.15, -0.1) is 0 Å². The molecule has 0 aromatic heterocycles. The van der Waals surface area contributed by atoms with Gasteiger partial charge in [-0.1, -0.05) is 12.2 Å². The maximum atomic E-state index is 15.4. The van der Waals surface area contributed by atoms with E-state index in [9.17, 15) is 13.2 Å². The first-order valence-corrected chi connectivity index (χ1v) is 11.6. The first-order valence-electron chi connectivity index (χ1n) is 10.1. The zero-order valence-corrected chi connectivity index (χ0v) is 18.4. The second-order valence-corrected chi connectivity index (χ2v) is 9.65. The van der Waals surface area contributed by atoms with Crippen molar-refractivity contribution in [2.45, 2.75) is 6.42 Å². The summed E-state index contributed by atoms with van der Waals surface area (Å²) in [7, 11) is -0.0647. The quantitative estimate of drug-likeness (QED) is 0.672. The third kappa shape index (κ3) is 4.31. The van der Waals surface area contributed by atoms with Crippen LogP contribution in [0.4, 0.5) is 21.5 Å².